The van der Waals surface area contributed by atoms with Gasteiger partial charge in [0, 0.05) is 24.6 Å². The lowest BCUT2D eigenvalue weighted by atomic mass is 9.99. The first-order chi connectivity index (χ1) is 18.6. The van der Waals surface area contributed by atoms with E-state index in [0.717, 1.165) is 11.8 Å². The predicted molar refractivity (Wildman–Crippen MR) is 140 cm³/mol. The summed E-state index contributed by atoms with van der Waals surface area (Å²) in [6.07, 6.45) is -1.38. The minimum Gasteiger partial charge on any atom is -0.454 e. The highest BCUT2D eigenvalue weighted by molar-refractivity contribution is 5.99. The second-order valence-corrected chi connectivity index (χ2v) is 9.16. The van der Waals surface area contributed by atoms with Crippen LogP contribution in [0.25, 0.3) is 0 Å². The molecule has 4 aromatic rings. The third-order valence-corrected chi connectivity index (χ3v) is 5.90. The number of nitrogens with zero attached hydrogens (tertiary/aromatic N) is 1. The van der Waals surface area contributed by atoms with Gasteiger partial charge in [0.15, 0.2) is 17.3 Å². The average molecular weight is 534 g/mol. The quantitative estimate of drug-likeness (QED) is 0.227. The molecule has 1 amide bonds. The fourth-order valence-electron chi connectivity index (χ4n) is 3.97. The van der Waals surface area contributed by atoms with E-state index in [1.54, 1.807) is 48.5 Å². The number of aliphatic hydroxyl groups excluding tert-OH is 1. The van der Waals surface area contributed by atoms with Gasteiger partial charge in [0.05, 0.1) is 6.54 Å². The van der Waals surface area contributed by atoms with Crippen LogP contribution in [0.1, 0.15) is 44.9 Å². The number of rotatable bonds is 10. The highest BCUT2D eigenvalue weighted by atomic mass is 19.3. The molecule has 4 aromatic carbocycles. The second-order valence-electron chi connectivity index (χ2n) is 9.16. The lowest BCUT2D eigenvalue weighted by Gasteiger charge is -2.26. The van der Waals surface area contributed by atoms with Gasteiger partial charge in [-0.05, 0) is 47.5 Å². The third kappa shape index (κ3) is 7.33. The Morgan fingerprint density at radius 2 is 1.46 bits per heavy atom. The highest BCUT2D eigenvalue weighted by Gasteiger charge is 2.29. The number of carbonyl (C=O) groups is 2. The van der Waals surface area contributed by atoms with Gasteiger partial charge < -0.3 is 14.7 Å². The molecular weight excluding hydrogens is 507 g/mol. The van der Waals surface area contributed by atoms with Gasteiger partial charge in [-0.1, -0.05) is 66.7 Å². The summed E-state index contributed by atoms with van der Waals surface area (Å²) in [6, 6.07) is 26.2. The minimum atomic E-state index is -3.15. The van der Waals surface area contributed by atoms with Crippen molar-refractivity contribution >= 4 is 11.7 Å². The molecule has 0 saturated carbocycles. The molecule has 39 heavy (non-hydrogen) atoms. The summed E-state index contributed by atoms with van der Waals surface area (Å²) in [5.74, 6) is -4.49. The molecule has 1 atom stereocenters. The number of hydrogen-bond acceptors (Lipinski definition) is 4. The third-order valence-electron chi connectivity index (χ3n) is 5.90. The Hall–Kier alpha value is -4.43. The summed E-state index contributed by atoms with van der Waals surface area (Å²) < 4.78 is 47.3. The van der Waals surface area contributed by atoms with E-state index in [1.165, 1.54) is 54.6 Å². The van der Waals surface area contributed by atoms with Crippen molar-refractivity contribution < 1.29 is 32.6 Å². The van der Waals surface area contributed by atoms with Crippen LogP contribution < -0.4 is 4.74 Å². The Balaban J connectivity index is 1.48. The molecular formula is C31H26F3NO4. The topological polar surface area (TPSA) is 66.8 Å². The first-order valence-corrected chi connectivity index (χ1v) is 12.2. The Morgan fingerprint density at radius 3 is 2.08 bits per heavy atom. The smallest absolute Gasteiger partial charge is 0.262 e. The molecule has 0 aliphatic carbocycles. The Labute approximate surface area is 224 Å². The zero-order chi connectivity index (χ0) is 28.0. The number of carbonyl (C=O) groups excluding carboxylic acids is 2. The van der Waals surface area contributed by atoms with E-state index in [9.17, 15) is 27.9 Å². The van der Waals surface area contributed by atoms with Crippen molar-refractivity contribution in [2.24, 2.45) is 0 Å². The SMILES string of the molecule is CC(F)(F)CN(Cc1ccc(C(O)C(=O)c2ccccc2)cc1)C(=O)c1ccc(Oc2ccccc2F)cc1. The van der Waals surface area contributed by atoms with Crippen LogP contribution >= 0.6 is 0 Å². The molecule has 0 aromatic heterocycles. The van der Waals surface area contributed by atoms with Gasteiger partial charge in [-0.25, -0.2) is 13.2 Å². The first-order valence-electron chi connectivity index (χ1n) is 12.2. The van der Waals surface area contributed by atoms with E-state index in [4.69, 9.17) is 4.74 Å². The Morgan fingerprint density at radius 1 is 0.846 bits per heavy atom. The van der Waals surface area contributed by atoms with E-state index >= 15 is 0 Å². The molecule has 0 aliphatic heterocycles. The van der Waals surface area contributed by atoms with Crippen LogP contribution in [0.5, 0.6) is 11.5 Å². The van der Waals surface area contributed by atoms with Crippen LogP contribution in [0.3, 0.4) is 0 Å². The number of benzene rings is 4. The summed E-state index contributed by atoms with van der Waals surface area (Å²) in [5, 5.41) is 10.5. The van der Waals surface area contributed by atoms with Gasteiger partial charge in [-0.2, -0.15) is 0 Å². The van der Waals surface area contributed by atoms with Gasteiger partial charge in [-0.15, -0.1) is 0 Å². The summed E-state index contributed by atoms with van der Waals surface area (Å²) >= 11 is 0. The number of amides is 1. The maximum Gasteiger partial charge on any atom is 0.262 e. The minimum absolute atomic E-state index is 0.0165. The van der Waals surface area contributed by atoms with Crippen molar-refractivity contribution in [2.45, 2.75) is 25.5 Å². The van der Waals surface area contributed by atoms with E-state index in [0.29, 0.717) is 16.7 Å². The molecule has 0 saturated heterocycles. The lowest BCUT2D eigenvalue weighted by Crippen LogP contribution is -2.39. The summed E-state index contributed by atoms with van der Waals surface area (Å²) in [6.45, 7) is -0.220. The van der Waals surface area contributed by atoms with Crippen LogP contribution in [0.4, 0.5) is 13.2 Å². The van der Waals surface area contributed by atoms with Gasteiger partial charge in [-0.3, -0.25) is 9.59 Å². The number of alkyl halides is 2. The van der Waals surface area contributed by atoms with Crippen molar-refractivity contribution in [3.8, 4) is 11.5 Å². The monoisotopic (exact) mass is 533 g/mol. The standard InChI is InChI=1S/C31H26F3NO4/c1-31(33,34)20-35(30(38)24-15-17-25(18-16-24)39-27-10-6-5-9-26(27)32)19-21-11-13-23(14-12-21)29(37)28(36)22-7-3-2-4-8-22/h2-18,29,37H,19-20H2,1H3. The molecule has 0 spiro atoms. The van der Waals surface area contributed by atoms with Crippen molar-refractivity contribution in [3.63, 3.8) is 0 Å². The number of para-hydroxylation sites is 1. The number of hydrogen-bond donors (Lipinski definition) is 1. The maximum absolute atomic E-state index is 14.0. The van der Waals surface area contributed by atoms with Gasteiger partial charge >= 0.3 is 0 Å². The Bertz CT molecular complexity index is 1420. The molecule has 200 valence electrons. The van der Waals surface area contributed by atoms with Crippen LogP contribution in [0.15, 0.2) is 103 Å². The van der Waals surface area contributed by atoms with E-state index < -0.39 is 36.1 Å². The molecule has 0 bridgehead atoms. The van der Waals surface area contributed by atoms with E-state index in [2.05, 4.69) is 0 Å². The number of ether oxygens (including phenoxy) is 1. The molecule has 0 fully saturated rings. The largest absolute Gasteiger partial charge is 0.454 e. The van der Waals surface area contributed by atoms with E-state index in [-0.39, 0.29) is 23.6 Å². The van der Waals surface area contributed by atoms with Gasteiger partial charge in [0.25, 0.3) is 11.8 Å². The van der Waals surface area contributed by atoms with Crippen molar-refractivity contribution in [1.82, 2.24) is 4.90 Å². The van der Waals surface area contributed by atoms with Crippen LogP contribution in [-0.4, -0.2) is 34.2 Å². The maximum atomic E-state index is 14.0. The number of aliphatic hydroxyl groups is 1. The molecule has 0 radical (unpaired) electrons. The molecule has 5 nitrogen and oxygen atoms in total. The zero-order valence-electron chi connectivity index (χ0n) is 21.1. The number of Topliss-reactive ketones (excluding diaryl/α,β-unsaturated/α-hetero) is 1. The predicted octanol–water partition coefficient (Wildman–Crippen LogP) is 6.83. The Kier molecular flexibility index (Phi) is 8.46. The zero-order valence-corrected chi connectivity index (χ0v) is 21.1. The van der Waals surface area contributed by atoms with Crippen LogP contribution in [-0.2, 0) is 6.54 Å². The van der Waals surface area contributed by atoms with Crippen molar-refractivity contribution in [2.75, 3.05) is 6.54 Å². The van der Waals surface area contributed by atoms with Crippen molar-refractivity contribution in [3.05, 3.63) is 131 Å². The van der Waals surface area contributed by atoms with Gasteiger partial charge in [0.2, 0.25) is 0 Å². The van der Waals surface area contributed by atoms with E-state index in [1.807, 2.05) is 0 Å². The van der Waals surface area contributed by atoms with Crippen LogP contribution in [0.2, 0.25) is 0 Å². The van der Waals surface area contributed by atoms with Crippen molar-refractivity contribution in [1.29, 1.82) is 0 Å². The lowest BCUT2D eigenvalue weighted by molar-refractivity contribution is -0.0127. The molecule has 0 aliphatic rings. The molecule has 4 rings (SSSR count). The number of halogens is 3. The molecule has 1 unspecified atom stereocenters. The molecule has 0 heterocycles. The number of ketones is 1. The summed E-state index contributed by atoms with van der Waals surface area (Å²) in [5.41, 5.74) is 1.40. The summed E-state index contributed by atoms with van der Waals surface area (Å²) in [4.78, 5) is 26.7. The fraction of sp³-hybridized carbons (Fsp3) is 0.161. The second kappa shape index (κ2) is 12.0. The fourth-order valence-corrected chi connectivity index (χ4v) is 3.97. The normalized spacial score (nSPS) is 12.0. The molecule has 8 heteroatoms. The average Bonchev–Trinajstić information content (AvgIpc) is 2.93. The van der Waals surface area contributed by atoms with Gasteiger partial charge in [0.1, 0.15) is 11.9 Å². The first kappa shape index (κ1) is 27.6. The van der Waals surface area contributed by atoms with Crippen LogP contribution in [0, 0.1) is 5.82 Å². The highest BCUT2D eigenvalue weighted by Crippen LogP contribution is 2.26. The molecule has 1 N–H and O–H groups in total. The summed E-state index contributed by atoms with van der Waals surface area (Å²) in [7, 11) is 0.